The van der Waals surface area contributed by atoms with Gasteiger partial charge in [-0.25, -0.2) is 10.8 Å². The molecule has 0 atom stereocenters. The van der Waals surface area contributed by atoms with Crippen LogP contribution in [0.4, 0.5) is 0 Å². The molecule has 0 bridgehead atoms. The molecule has 2 heterocycles. The number of benzene rings is 1. The second-order valence-electron chi connectivity index (χ2n) is 5.79. The highest BCUT2D eigenvalue weighted by molar-refractivity contribution is 6.20. The zero-order chi connectivity index (χ0) is 17.3. The van der Waals surface area contributed by atoms with Crippen molar-refractivity contribution in [1.82, 2.24) is 14.8 Å². The number of fused-ring (bicyclic) bond motifs is 1. The standard InChI is InChI=1S/C19H20N4O/c1-4-15(19(24)22-20)18-17(14-8-5-12(2)6-9-14)21-16-10-7-13(3)11-23(16)18/h4-11H,20H2,1-3H3,(H,22,24). The van der Waals surface area contributed by atoms with Gasteiger partial charge in [-0.05, 0) is 32.4 Å². The number of hydrazine groups is 1. The minimum atomic E-state index is -0.339. The average molecular weight is 320 g/mol. The molecule has 122 valence electrons. The highest BCUT2D eigenvalue weighted by Gasteiger charge is 2.21. The first kappa shape index (κ1) is 16.0. The maximum absolute atomic E-state index is 12.3. The fraction of sp³-hybridized carbons (Fsp3) is 0.158. The van der Waals surface area contributed by atoms with Gasteiger partial charge in [0.25, 0.3) is 5.91 Å². The molecule has 0 unspecified atom stereocenters. The van der Waals surface area contributed by atoms with E-state index in [9.17, 15) is 4.79 Å². The average Bonchev–Trinajstić information content (AvgIpc) is 2.94. The summed E-state index contributed by atoms with van der Waals surface area (Å²) in [6.07, 6.45) is 3.73. The number of rotatable bonds is 3. The largest absolute Gasteiger partial charge is 0.299 e. The van der Waals surface area contributed by atoms with Crippen molar-refractivity contribution in [2.45, 2.75) is 20.8 Å². The Bertz CT molecular complexity index is 936. The lowest BCUT2D eigenvalue weighted by Crippen LogP contribution is -2.31. The summed E-state index contributed by atoms with van der Waals surface area (Å²) >= 11 is 0. The molecule has 0 saturated heterocycles. The molecule has 5 heteroatoms. The molecule has 3 N–H and O–H groups in total. The molecule has 24 heavy (non-hydrogen) atoms. The molecule has 5 nitrogen and oxygen atoms in total. The van der Waals surface area contributed by atoms with Crippen LogP contribution in [0.2, 0.25) is 0 Å². The Morgan fingerprint density at radius 3 is 2.42 bits per heavy atom. The molecule has 0 radical (unpaired) electrons. The van der Waals surface area contributed by atoms with Crippen molar-refractivity contribution in [2.75, 3.05) is 0 Å². The third-order valence-electron chi connectivity index (χ3n) is 4.01. The lowest BCUT2D eigenvalue weighted by molar-refractivity contribution is -0.115. The minimum Gasteiger partial charge on any atom is -0.299 e. The maximum Gasteiger partial charge on any atom is 0.267 e. The maximum atomic E-state index is 12.3. The highest BCUT2D eigenvalue weighted by Crippen LogP contribution is 2.30. The number of amides is 1. The zero-order valence-corrected chi connectivity index (χ0v) is 14.0. The van der Waals surface area contributed by atoms with E-state index >= 15 is 0 Å². The normalized spacial score (nSPS) is 11.8. The molecule has 3 rings (SSSR count). The Hall–Kier alpha value is -2.92. The van der Waals surface area contributed by atoms with E-state index in [-0.39, 0.29) is 5.91 Å². The number of aromatic nitrogens is 2. The van der Waals surface area contributed by atoms with Gasteiger partial charge in [-0.3, -0.25) is 14.6 Å². The van der Waals surface area contributed by atoms with Gasteiger partial charge >= 0.3 is 0 Å². The summed E-state index contributed by atoms with van der Waals surface area (Å²) < 4.78 is 1.94. The lowest BCUT2D eigenvalue weighted by Gasteiger charge is -2.09. The van der Waals surface area contributed by atoms with Crippen molar-refractivity contribution >= 4 is 17.1 Å². The number of hydrogen-bond acceptors (Lipinski definition) is 3. The van der Waals surface area contributed by atoms with Gasteiger partial charge in [-0.15, -0.1) is 0 Å². The second kappa shape index (κ2) is 6.29. The number of imidazole rings is 1. The van der Waals surface area contributed by atoms with Crippen LogP contribution < -0.4 is 11.3 Å². The van der Waals surface area contributed by atoms with Crippen LogP contribution in [-0.4, -0.2) is 15.3 Å². The summed E-state index contributed by atoms with van der Waals surface area (Å²) in [7, 11) is 0. The van der Waals surface area contributed by atoms with Crippen molar-refractivity contribution in [3.63, 3.8) is 0 Å². The molecule has 0 aliphatic heterocycles. The van der Waals surface area contributed by atoms with E-state index in [0.717, 1.165) is 28.2 Å². The number of allylic oxidation sites excluding steroid dienone is 1. The molecule has 3 aromatic rings. The van der Waals surface area contributed by atoms with Crippen LogP contribution in [0.1, 0.15) is 23.7 Å². The smallest absolute Gasteiger partial charge is 0.267 e. The first-order chi connectivity index (χ1) is 11.5. The van der Waals surface area contributed by atoms with E-state index in [0.29, 0.717) is 5.57 Å². The molecular formula is C19H20N4O. The van der Waals surface area contributed by atoms with Crippen LogP contribution in [0.15, 0.2) is 48.7 Å². The Morgan fingerprint density at radius 1 is 1.12 bits per heavy atom. The Kier molecular flexibility index (Phi) is 4.18. The molecular weight excluding hydrogens is 300 g/mol. The fourth-order valence-corrected chi connectivity index (χ4v) is 2.77. The summed E-state index contributed by atoms with van der Waals surface area (Å²) in [5, 5.41) is 0. The van der Waals surface area contributed by atoms with Gasteiger partial charge in [0, 0.05) is 11.8 Å². The van der Waals surface area contributed by atoms with Crippen LogP contribution in [0, 0.1) is 13.8 Å². The molecule has 0 aliphatic carbocycles. The first-order valence-corrected chi connectivity index (χ1v) is 7.78. The van der Waals surface area contributed by atoms with Crippen molar-refractivity contribution < 1.29 is 4.79 Å². The molecule has 0 fully saturated rings. The zero-order valence-electron chi connectivity index (χ0n) is 14.0. The predicted molar refractivity (Wildman–Crippen MR) is 96.1 cm³/mol. The molecule has 1 aromatic carbocycles. The summed E-state index contributed by atoms with van der Waals surface area (Å²) in [6, 6.07) is 12.1. The molecule has 2 aromatic heterocycles. The van der Waals surface area contributed by atoms with E-state index < -0.39 is 0 Å². The van der Waals surface area contributed by atoms with Gasteiger partial charge in [-0.1, -0.05) is 42.0 Å². The van der Waals surface area contributed by atoms with Crippen LogP contribution in [0.25, 0.3) is 22.5 Å². The number of aryl methyl sites for hydroxylation is 2. The lowest BCUT2D eigenvalue weighted by atomic mass is 10.0. The summed E-state index contributed by atoms with van der Waals surface area (Å²) in [4.78, 5) is 17.0. The van der Waals surface area contributed by atoms with Crippen molar-refractivity contribution in [3.05, 3.63) is 65.5 Å². The summed E-state index contributed by atoms with van der Waals surface area (Å²) in [5.41, 5.74) is 8.22. The monoisotopic (exact) mass is 320 g/mol. The highest BCUT2D eigenvalue weighted by atomic mass is 16.2. The van der Waals surface area contributed by atoms with E-state index in [1.54, 1.807) is 6.08 Å². The Morgan fingerprint density at radius 2 is 1.79 bits per heavy atom. The number of pyridine rings is 1. The number of carbonyl (C=O) groups excluding carboxylic acids is 1. The minimum absolute atomic E-state index is 0.339. The predicted octanol–water partition coefficient (Wildman–Crippen LogP) is 3.01. The molecule has 0 spiro atoms. The van der Waals surface area contributed by atoms with Crippen molar-refractivity contribution in [2.24, 2.45) is 5.84 Å². The van der Waals surface area contributed by atoms with Crippen LogP contribution >= 0.6 is 0 Å². The van der Waals surface area contributed by atoms with Gasteiger partial charge < -0.3 is 0 Å². The SMILES string of the molecule is CC=C(C(=O)NN)c1c(-c2ccc(C)cc2)nc2ccc(C)cn12. The Labute approximate surface area is 140 Å². The molecule has 0 aliphatic rings. The van der Waals surface area contributed by atoms with E-state index in [1.807, 2.05) is 67.8 Å². The summed E-state index contributed by atoms with van der Waals surface area (Å²) in [5.74, 6) is 5.03. The fourth-order valence-electron chi connectivity index (χ4n) is 2.77. The third-order valence-corrected chi connectivity index (χ3v) is 4.01. The number of hydrogen-bond donors (Lipinski definition) is 2. The third kappa shape index (κ3) is 2.70. The number of nitrogens with zero attached hydrogens (tertiary/aromatic N) is 2. The quantitative estimate of drug-likeness (QED) is 0.337. The molecule has 1 amide bonds. The Balaban J connectivity index is 2.34. The van der Waals surface area contributed by atoms with Gasteiger partial charge in [0.2, 0.25) is 0 Å². The van der Waals surface area contributed by atoms with E-state index in [4.69, 9.17) is 10.8 Å². The number of carbonyl (C=O) groups is 1. The van der Waals surface area contributed by atoms with Gasteiger partial charge in [0.15, 0.2) is 0 Å². The van der Waals surface area contributed by atoms with Crippen LogP contribution in [-0.2, 0) is 4.79 Å². The second-order valence-corrected chi connectivity index (χ2v) is 5.79. The van der Waals surface area contributed by atoms with Crippen molar-refractivity contribution in [3.8, 4) is 11.3 Å². The van der Waals surface area contributed by atoms with Crippen LogP contribution in [0.3, 0.4) is 0 Å². The number of nitrogens with one attached hydrogen (secondary N) is 1. The number of nitrogens with two attached hydrogens (primary N) is 1. The van der Waals surface area contributed by atoms with Crippen LogP contribution in [0.5, 0.6) is 0 Å². The van der Waals surface area contributed by atoms with Gasteiger partial charge in [0.05, 0.1) is 17.0 Å². The first-order valence-electron chi connectivity index (χ1n) is 7.78. The van der Waals surface area contributed by atoms with Gasteiger partial charge in [0.1, 0.15) is 5.65 Å². The molecule has 0 saturated carbocycles. The van der Waals surface area contributed by atoms with Crippen molar-refractivity contribution in [1.29, 1.82) is 0 Å². The van der Waals surface area contributed by atoms with Gasteiger partial charge in [-0.2, -0.15) is 0 Å². The van der Waals surface area contributed by atoms with E-state index in [1.165, 1.54) is 5.56 Å². The van der Waals surface area contributed by atoms with E-state index in [2.05, 4.69) is 5.43 Å². The summed E-state index contributed by atoms with van der Waals surface area (Å²) in [6.45, 7) is 5.86. The topological polar surface area (TPSA) is 72.4 Å².